The van der Waals surface area contributed by atoms with E-state index in [0.29, 0.717) is 5.92 Å². The Labute approximate surface area is 291 Å². The summed E-state index contributed by atoms with van der Waals surface area (Å²) in [6.07, 6.45) is 9.19. The van der Waals surface area contributed by atoms with Crippen molar-refractivity contribution in [1.29, 1.82) is 0 Å². The largest absolute Gasteiger partial charge is 0.512 e. The molecule has 0 fully saturated rings. The number of aliphatic hydroxyl groups excluding tert-OH is 1. The molecule has 2 aromatic carbocycles. The minimum atomic E-state index is -1.39. The number of fused-ring (bicyclic) bond motifs is 2. The monoisotopic (exact) mass is 821 g/mol. The van der Waals surface area contributed by atoms with Gasteiger partial charge in [-0.15, -0.1) is 29.1 Å². The maximum Gasteiger partial charge on any atom is 0.162 e. The summed E-state index contributed by atoms with van der Waals surface area (Å²) < 4.78 is 2.91. The number of ketones is 1. The van der Waals surface area contributed by atoms with Crippen molar-refractivity contribution in [3.05, 3.63) is 71.6 Å². The summed E-state index contributed by atoms with van der Waals surface area (Å²) in [6, 6.07) is 17.0. The number of allylic oxidation sites excluding steroid dienone is 2. The van der Waals surface area contributed by atoms with Gasteiger partial charge in [0.1, 0.15) is 0 Å². The molecule has 2 heterocycles. The van der Waals surface area contributed by atoms with E-state index in [1.165, 1.54) is 38.1 Å². The average Bonchev–Trinajstić information content (AvgIpc) is 3.36. The molecular weight excluding hydrogens is 767 g/mol. The van der Waals surface area contributed by atoms with Gasteiger partial charge in [-0.1, -0.05) is 103 Å². The fraction of sp³-hybridized carbons (Fsp3) is 0.487. The number of carbonyl (C=O) groups excluding carboxylic acids is 1. The van der Waals surface area contributed by atoms with Gasteiger partial charge in [0.25, 0.3) is 0 Å². The van der Waals surface area contributed by atoms with Crippen LogP contribution in [0.3, 0.4) is 0 Å². The minimum absolute atomic E-state index is 0. The Balaban J connectivity index is 0.000000378. The normalized spacial score (nSPS) is 12.2. The van der Waals surface area contributed by atoms with Gasteiger partial charge in [0.05, 0.1) is 13.8 Å². The van der Waals surface area contributed by atoms with Crippen LogP contribution in [0.15, 0.2) is 54.4 Å². The second kappa shape index (κ2) is 17.7. The van der Waals surface area contributed by atoms with Crippen molar-refractivity contribution in [2.75, 3.05) is 0 Å². The predicted octanol–water partition coefficient (Wildman–Crippen LogP) is 11.5. The Kier molecular flexibility index (Phi) is 15.4. The van der Waals surface area contributed by atoms with Crippen LogP contribution in [0, 0.1) is 24.8 Å². The van der Waals surface area contributed by atoms with Crippen molar-refractivity contribution in [1.82, 2.24) is 4.98 Å². The van der Waals surface area contributed by atoms with Crippen LogP contribution >= 0.6 is 11.3 Å². The fourth-order valence-electron chi connectivity index (χ4n) is 6.29. The summed E-state index contributed by atoms with van der Waals surface area (Å²) in [6.45, 7) is 22.3. The smallest absolute Gasteiger partial charge is 0.162 e. The topological polar surface area (TPSA) is 50.2 Å². The first kappa shape index (κ1) is 39.1. The van der Waals surface area contributed by atoms with Gasteiger partial charge in [-0.05, 0) is 60.0 Å². The minimum Gasteiger partial charge on any atom is -0.512 e. The van der Waals surface area contributed by atoms with Crippen LogP contribution < -0.4 is 4.50 Å². The molecule has 0 aliphatic heterocycles. The van der Waals surface area contributed by atoms with E-state index < -0.39 is 8.07 Å². The molecule has 1 radical (unpaired) electrons. The number of aliphatic hydroxyl groups is 1. The summed E-state index contributed by atoms with van der Waals surface area (Å²) in [5, 5.41) is 13.7. The van der Waals surface area contributed by atoms with Gasteiger partial charge < -0.3 is 5.11 Å². The molecule has 4 aromatic rings. The number of carbonyl (C=O) groups is 1. The molecule has 1 N–H and O–H groups in total. The first-order valence-corrected chi connectivity index (χ1v) is 21.0. The summed E-state index contributed by atoms with van der Waals surface area (Å²) in [4.78, 5) is 16.6. The number of aromatic nitrogens is 1. The van der Waals surface area contributed by atoms with E-state index in [1.807, 2.05) is 45.2 Å². The second-order valence-corrected chi connectivity index (χ2v) is 19.4. The molecule has 0 atom stereocenters. The van der Waals surface area contributed by atoms with Crippen LogP contribution in [0.25, 0.3) is 32.1 Å². The quantitative estimate of drug-likeness (QED) is 0.0670. The fourth-order valence-corrected chi connectivity index (χ4v) is 10.1. The number of hydrogen-bond acceptors (Lipinski definition) is 4. The Bertz CT molecular complexity index is 1570. The zero-order valence-corrected chi connectivity index (χ0v) is 33.3. The van der Waals surface area contributed by atoms with Gasteiger partial charge in [-0.3, -0.25) is 9.78 Å². The summed E-state index contributed by atoms with van der Waals surface area (Å²) >= 11 is 1.96. The van der Waals surface area contributed by atoms with Gasteiger partial charge in [-0.25, -0.2) is 0 Å². The molecule has 45 heavy (non-hydrogen) atoms. The summed E-state index contributed by atoms with van der Waals surface area (Å²) in [7, 11) is -1.39. The molecule has 4 rings (SSSR count). The van der Waals surface area contributed by atoms with E-state index in [-0.39, 0.29) is 43.5 Å². The predicted molar refractivity (Wildman–Crippen MR) is 196 cm³/mol. The van der Waals surface area contributed by atoms with E-state index in [2.05, 4.69) is 82.9 Å². The third kappa shape index (κ3) is 9.25. The van der Waals surface area contributed by atoms with Gasteiger partial charge in [0.15, 0.2) is 5.78 Å². The number of pyridine rings is 1. The molecule has 0 saturated heterocycles. The molecule has 6 heteroatoms. The van der Waals surface area contributed by atoms with E-state index in [9.17, 15) is 9.90 Å². The third-order valence-corrected chi connectivity index (χ3v) is 14.1. The summed E-state index contributed by atoms with van der Waals surface area (Å²) in [5.41, 5.74) is 5.13. The molecule has 0 unspecified atom stereocenters. The molecule has 0 bridgehead atoms. The Morgan fingerprint density at radius 2 is 1.51 bits per heavy atom. The van der Waals surface area contributed by atoms with Crippen LogP contribution in [0.5, 0.6) is 0 Å². The molecule has 0 saturated carbocycles. The maximum atomic E-state index is 11.7. The zero-order chi connectivity index (χ0) is 32.6. The van der Waals surface area contributed by atoms with Gasteiger partial charge >= 0.3 is 0 Å². The molecule has 0 amide bonds. The second-order valence-electron chi connectivity index (χ2n) is 13.0. The van der Waals surface area contributed by atoms with Crippen LogP contribution in [-0.4, -0.2) is 23.9 Å². The molecule has 0 aliphatic rings. The number of thiophene rings is 1. The molecule has 3 nitrogen and oxygen atoms in total. The Hall–Kier alpha value is -2.11. The molecular formula is C39H54IrNO2SSi-. The standard InChI is InChI=1S/C26H30NSSi.C13H24O2.Ir/c1-7-18(8-2)23-16-20(15-19-11-9-10-12-22(19)23)24-25-21(13-14-27-24)17(3)26(28-25)29(4,5)6;1-5-10(6-2)12(14)9-13(15)11(7-3)8-4;/h9-14,16,18H,7-8H2,1-6H3;9-11,14H,5-8H2,1-4H3;/q-1;;/b;12-9-;. The number of rotatable bonds is 12. The van der Waals surface area contributed by atoms with E-state index in [0.717, 1.165) is 49.8 Å². The molecule has 0 spiro atoms. The van der Waals surface area contributed by atoms with Gasteiger partial charge in [0, 0.05) is 54.6 Å². The average molecular weight is 821 g/mol. The SMILES string of the molecule is CCC(CC)C(=O)/C=C(\O)C(CC)CC.CCC(CC)c1cc(-c2nccc3c(C)c([Si](C)(C)C)sc23)[c-]c2ccccc12.[Ir]. The van der Waals surface area contributed by atoms with Crippen molar-refractivity contribution in [2.24, 2.45) is 11.8 Å². The van der Waals surface area contributed by atoms with Gasteiger partial charge in [-0.2, -0.15) is 11.3 Å². The van der Waals surface area contributed by atoms with Crippen molar-refractivity contribution < 1.29 is 30.0 Å². The molecule has 247 valence electrons. The first-order valence-electron chi connectivity index (χ1n) is 16.7. The van der Waals surface area contributed by atoms with Crippen LogP contribution in [0.1, 0.15) is 97.1 Å². The van der Waals surface area contributed by atoms with Crippen LogP contribution in [0.2, 0.25) is 19.6 Å². The van der Waals surface area contributed by atoms with Crippen LogP contribution in [0.4, 0.5) is 0 Å². The van der Waals surface area contributed by atoms with Crippen molar-refractivity contribution in [3.63, 3.8) is 0 Å². The number of nitrogens with zero attached hydrogens (tertiary/aromatic N) is 1. The number of hydrogen-bond donors (Lipinski definition) is 1. The van der Waals surface area contributed by atoms with E-state index in [1.54, 1.807) is 4.50 Å². The van der Waals surface area contributed by atoms with E-state index >= 15 is 0 Å². The third-order valence-electron chi connectivity index (χ3n) is 9.10. The van der Waals surface area contributed by atoms with Crippen molar-refractivity contribution in [2.45, 2.75) is 113 Å². The number of benzene rings is 2. The maximum absolute atomic E-state index is 11.7. The van der Waals surface area contributed by atoms with E-state index in [4.69, 9.17) is 4.98 Å². The Morgan fingerprint density at radius 3 is 2.07 bits per heavy atom. The first-order chi connectivity index (χ1) is 20.9. The Morgan fingerprint density at radius 1 is 0.911 bits per heavy atom. The van der Waals surface area contributed by atoms with Crippen molar-refractivity contribution in [3.8, 4) is 11.3 Å². The molecule has 0 aliphatic carbocycles. The number of aryl methyl sites for hydroxylation is 1. The summed E-state index contributed by atoms with van der Waals surface area (Å²) in [5.74, 6) is 1.11. The zero-order valence-electron chi connectivity index (χ0n) is 29.1. The van der Waals surface area contributed by atoms with Crippen LogP contribution in [-0.2, 0) is 24.9 Å². The van der Waals surface area contributed by atoms with Crippen molar-refractivity contribution >= 4 is 50.6 Å². The van der Waals surface area contributed by atoms with Gasteiger partial charge in [0.2, 0.25) is 0 Å². The molecule has 2 aromatic heterocycles.